The fourth-order valence-corrected chi connectivity index (χ4v) is 3.25. The lowest BCUT2D eigenvalue weighted by Gasteiger charge is -2.16. The van der Waals surface area contributed by atoms with Gasteiger partial charge in [-0.05, 0) is 74.2 Å². The average molecular weight is 415 g/mol. The predicted molar refractivity (Wildman–Crippen MR) is 115 cm³/mol. The van der Waals surface area contributed by atoms with Gasteiger partial charge in [0.1, 0.15) is 13.1 Å². The molecule has 2 aromatic carbocycles. The monoisotopic (exact) mass is 414 g/mol. The van der Waals surface area contributed by atoms with Gasteiger partial charge in [-0.2, -0.15) is 0 Å². The van der Waals surface area contributed by atoms with Crippen molar-refractivity contribution in [3.05, 3.63) is 69.7 Å². The van der Waals surface area contributed by atoms with Crippen molar-refractivity contribution >= 4 is 46.2 Å². The van der Waals surface area contributed by atoms with E-state index in [4.69, 9.17) is 23.2 Å². The third-order valence-corrected chi connectivity index (χ3v) is 5.07. The molecular formula is C22H20Cl2N2O2. The van der Waals surface area contributed by atoms with Crippen LogP contribution >= 0.6 is 23.2 Å². The summed E-state index contributed by atoms with van der Waals surface area (Å²) in [6.07, 6.45) is 3.58. The van der Waals surface area contributed by atoms with Gasteiger partial charge in [-0.15, -0.1) is 0 Å². The number of halogens is 2. The van der Waals surface area contributed by atoms with Crippen LogP contribution in [0, 0.1) is 0 Å². The fourth-order valence-electron chi connectivity index (χ4n) is 3.00. The molecule has 2 aromatic rings. The van der Waals surface area contributed by atoms with Gasteiger partial charge in [-0.25, -0.2) is 0 Å². The van der Waals surface area contributed by atoms with E-state index in [1.54, 1.807) is 48.5 Å². The van der Waals surface area contributed by atoms with Gasteiger partial charge in [-0.3, -0.25) is 19.6 Å². The highest BCUT2D eigenvalue weighted by Gasteiger charge is 2.16. The zero-order chi connectivity index (χ0) is 19.9. The molecule has 0 bridgehead atoms. The molecule has 1 saturated carbocycles. The van der Waals surface area contributed by atoms with Crippen LogP contribution in [0.1, 0.15) is 46.4 Å². The molecule has 0 saturated heterocycles. The second-order valence-electron chi connectivity index (χ2n) is 6.59. The molecule has 0 amide bonds. The number of nitrogens with zero attached hydrogens (tertiary/aromatic N) is 2. The van der Waals surface area contributed by atoms with Crippen LogP contribution < -0.4 is 0 Å². The predicted octanol–water partition coefficient (Wildman–Crippen LogP) is 5.52. The normalized spacial score (nSPS) is 17.1. The SMILES string of the molecule is O=C(CN=C1CCCCC1=NCC(=O)c1ccc(Cl)cc1)c1ccc(Cl)cc1. The van der Waals surface area contributed by atoms with Crippen LogP contribution in [0.25, 0.3) is 0 Å². The molecule has 1 fully saturated rings. The number of carbonyl (C=O) groups is 2. The first kappa shape index (κ1) is 20.4. The van der Waals surface area contributed by atoms with Crippen LogP contribution in [0.4, 0.5) is 0 Å². The summed E-state index contributed by atoms with van der Waals surface area (Å²) in [5.41, 5.74) is 2.83. The summed E-state index contributed by atoms with van der Waals surface area (Å²) < 4.78 is 0. The Kier molecular flexibility index (Phi) is 7.12. The molecule has 144 valence electrons. The molecule has 0 heterocycles. The second-order valence-corrected chi connectivity index (χ2v) is 7.47. The first-order valence-electron chi connectivity index (χ1n) is 9.17. The Hall–Kier alpha value is -2.30. The number of Topliss-reactive ketones (excluding diaryl/α,β-unsaturated/α-hetero) is 2. The molecule has 3 rings (SSSR count). The largest absolute Gasteiger partial charge is 0.292 e. The lowest BCUT2D eigenvalue weighted by molar-refractivity contribution is 0.0994. The Morgan fingerprint density at radius 1 is 0.679 bits per heavy atom. The van der Waals surface area contributed by atoms with Crippen LogP contribution in [0.2, 0.25) is 10.0 Å². The van der Waals surface area contributed by atoms with E-state index in [-0.39, 0.29) is 24.7 Å². The summed E-state index contributed by atoms with van der Waals surface area (Å²) in [4.78, 5) is 33.7. The molecular weight excluding hydrogens is 395 g/mol. The Morgan fingerprint density at radius 2 is 1.04 bits per heavy atom. The van der Waals surface area contributed by atoms with Gasteiger partial charge in [0.15, 0.2) is 11.6 Å². The minimum absolute atomic E-state index is 0.0636. The van der Waals surface area contributed by atoms with Crippen molar-refractivity contribution in [2.24, 2.45) is 9.98 Å². The molecule has 0 aliphatic heterocycles. The maximum Gasteiger partial charge on any atom is 0.184 e. The van der Waals surface area contributed by atoms with Gasteiger partial charge in [0, 0.05) is 21.2 Å². The maximum atomic E-state index is 12.3. The van der Waals surface area contributed by atoms with Crippen molar-refractivity contribution in [2.75, 3.05) is 13.1 Å². The Bertz CT molecular complexity index is 839. The smallest absolute Gasteiger partial charge is 0.184 e. The first-order valence-corrected chi connectivity index (χ1v) is 9.93. The summed E-state index contributed by atoms with van der Waals surface area (Å²) in [5, 5.41) is 1.19. The van der Waals surface area contributed by atoms with E-state index >= 15 is 0 Å². The summed E-state index contributed by atoms with van der Waals surface area (Å²) in [7, 11) is 0. The van der Waals surface area contributed by atoms with Crippen LogP contribution in [0.15, 0.2) is 58.5 Å². The lowest BCUT2D eigenvalue weighted by atomic mass is 9.96. The van der Waals surface area contributed by atoms with Crippen molar-refractivity contribution in [1.29, 1.82) is 0 Å². The number of hydrogen-bond acceptors (Lipinski definition) is 4. The molecule has 1 aliphatic carbocycles. The Balaban J connectivity index is 1.67. The number of ketones is 2. The van der Waals surface area contributed by atoms with E-state index in [0.717, 1.165) is 37.1 Å². The zero-order valence-corrected chi connectivity index (χ0v) is 16.8. The van der Waals surface area contributed by atoms with E-state index in [2.05, 4.69) is 9.98 Å². The highest BCUT2D eigenvalue weighted by atomic mass is 35.5. The van der Waals surface area contributed by atoms with Crippen molar-refractivity contribution in [2.45, 2.75) is 25.7 Å². The standard InChI is InChI=1S/C22H20Cl2N2O2/c23-17-9-5-15(6-10-17)21(27)13-25-19-3-1-2-4-20(19)26-14-22(28)16-7-11-18(24)12-8-16/h5-12H,1-4,13-14H2. The number of aliphatic imine (C=N–C) groups is 2. The summed E-state index contributed by atoms with van der Waals surface area (Å²) in [6, 6.07) is 13.6. The Labute approximate surface area is 174 Å². The zero-order valence-electron chi connectivity index (χ0n) is 15.3. The van der Waals surface area contributed by atoms with Crippen LogP contribution in [-0.4, -0.2) is 36.1 Å². The maximum absolute atomic E-state index is 12.3. The molecule has 0 aromatic heterocycles. The second kappa shape index (κ2) is 9.76. The van der Waals surface area contributed by atoms with E-state index in [1.807, 2.05) is 0 Å². The van der Waals surface area contributed by atoms with E-state index in [1.165, 1.54) is 0 Å². The van der Waals surface area contributed by atoms with Crippen LogP contribution in [-0.2, 0) is 0 Å². The van der Waals surface area contributed by atoms with Gasteiger partial charge in [0.25, 0.3) is 0 Å². The molecule has 28 heavy (non-hydrogen) atoms. The molecule has 0 N–H and O–H groups in total. The first-order chi connectivity index (χ1) is 13.5. The molecule has 4 nitrogen and oxygen atoms in total. The fraction of sp³-hybridized carbons (Fsp3) is 0.273. The van der Waals surface area contributed by atoms with E-state index in [9.17, 15) is 9.59 Å². The third kappa shape index (κ3) is 5.60. The quantitative estimate of drug-likeness (QED) is 0.584. The molecule has 1 aliphatic rings. The minimum Gasteiger partial charge on any atom is -0.292 e. The van der Waals surface area contributed by atoms with Crippen molar-refractivity contribution < 1.29 is 9.59 Å². The third-order valence-electron chi connectivity index (χ3n) is 4.57. The van der Waals surface area contributed by atoms with Gasteiger partial charge in [0.2, 0.25) is 0 Å². The van der Waals surface area contributed by atoms with Gasteiger partial charge in [0.05, 0.1) is 11.4 Å². The molecule has 0 spiro atoms. The molecule has 0 atom stereocenters. The van der Waals surface area contributed by atoms with Gasteiger partial charge >= 0.3 is 0 Å². The molecule has 0 radical (unpaired) electrons. The summed E-state index contributed by atoms with van der Waals surface area (Å²) in [5.74, 6) is -0.127. The molecule has 0 unspecified atom stereocenters. The average Bonchev–Trinajstić information content (AvgIpc) is 2.72. The summed E-state index contributed by atoms with van der Waals surface area (Å²) >= 11 is 11.7. The highest BCUT2D eigenvalue weighted by Crippen LogP contribution is 2.16. The van der Waals surface area contributed by atoms with Crippen molar-refractivity contribution in [3.63, 3.8) is 0 Å². The summed E-state index contributed by atoms with van der Waals surface area (Å²) in [6.45, 7) is 0.141. The van der Waals surface area contributed by atoms with Crippen LogP contribution in [0.5, 0.6) is 0 Å². The Morgan fingerprint density at radius 3 is 1.39 bits per heavy atom. The number of hydrogen-bond donors (Lipinski definition) is 0. The molecule has 6 heteroatoms. The van der Waals surface area contributed by atoms with Crippen LogP contribution in [0.3, 0.4) is 0 Å². The number of benzene rings is 2. The van der Waals surface area contributed by atoms with E-state index < -0.39 is 0 Å². The number of rotatable bonds is 6. The van der Waals surface area contributed by atoms with Crippen molar-refractivity contribution in [1.82, 2.24) is 0 Å². The lowest BCUT2D eigenvalue weighted by Crippen LogP contribution is -2.22. The number of carbonyl (C=O) groups excluding carboxylic acids is 2. The minimum atomic E-state index is -0.0636. The van der Waals surface area contributed by atoms with Crippen molar-refractivity contribution in [3.8, 4) is 0 Å². The van der Waals surface area contributed by atoms with Gasteiger partial charge in [-0.1, -0.05) is 23.2 Å². The van der Waals surface area contributed by atoms with E-state index in [0.29, 0.717) is 21.2 Å². The topological polar surface area (TPSA) is 58.9 Å². The van der Waals surface area contributed by atoms with Gasteiger partial charge < -0.3 is 0 Å². The highest BCUT2D eigenvalue weighted by molar-refractivity contribution is 6.43.